The van der Waals surface area contributed by atoms with E-state index in [4.69, 9.17) is 4.74 Å². The van der Waals surface area contributed by atoms with Crippen LogP contribution in [0.25, 0.3) is 0 Å². The van der Waals surface area contributed by atoms with Gasteiger partial charge in [-0.2, -0.15) is 0 Å². The first-order valence-corrected chi connectivity index (χ1v) is 7.23. The zero-order valence-corrected chi connectivity index (χ0v) is 13.2. The van der Waals surface area contributed by atoms with Gasteiger partial charge in [-0.3, -0.25) is 4.79 Å². The van der Waals surface area contributed by atoms with E-state index >= 15 is 0 Å². The molecule has 18 heavy (non-hydrogen) atoms. The third kappa shape index (κ3) is 3.11. The van der Waals surface area contributed by atoms with Gasteiger partial charge in [-0.1, -0.05) is 6.92 Å². The highest BCUT2D eigenvalue weighted by Crippen LogP contribution is 2.35. The first-order valence-electron chi connectivity index (χ1n) is 5.62. The van der Waals surface area contributed by atoms with Gasteiger partial charge >= 0.3 is 5.97 Å². The van der Waals surface area contributed by atoms with E-state index in [-0.39, 0.29) is 11.9 Å². The summed E-state index contributed by atoms with van der Waals surface area (Å²) in [6, 6.07) is 1.77. The maximum Gasteiger partial charge on any atom is 0.350 e. The second-order valence-electron chi connectivity index (χ2n) is 3.97. The van der Waals surface area contributed by atoms with Crippen molar-refractivity contribution in [3.63, 3.8) is 0 Å². The van der Waals surface area contributed by atoms with Gasteiger partial charge in [-0.15, -0.1) is 11.3 Å². The van der Waals surface area contributed by atoms with Crippen molar-refractivity contribution >= 4 is 44.8 Å². The SMILES string of the molecule is CCC(=O)N(c1cc(Br)sc1C(=O)OC)C(C)C. The molecular weight excluding hydrogens is 318 g/mol. The molecule has 1 heterocycles. The normalized spacial score (nSPS) is 10.6. The van der Waals surface area contributed by atoms with Gasteiger partial charge < -0.3 is 9.64 Å². The number of rotatable bonds is 4. The molecular formula is C12H16BrNO3S. The van der Waals surface area contributed by atoms with Crippen molar-refractivity contribution in [2.24, 2.45) is 0 Å². The van der Waals surface area contributed by atoms with Crippen molar-refractivity contribution in [2.45, 2.75) is 33.2 Å². The van der Waals surface area contributed by atoms with E-state index in [2.05, 4.69) is 15.9 Å². The molecule has 0 radical (unpaired) electrons. The number of ether oxygens (including phenoxy) is 1. The molecule has 0 aromatic carbocycles. The molecule has 1 rings (SSSR count). The smallest absolute Gasteiger partial charge is 0.350 e. The molecule has 1 aromatic rings. The minimum Gasteiger partial charge on any atom is -0.465 e. The number of hydrogen-bond acceptors (Lipinski definition) is 4. The summed E-state index contributed by atoms with van der Waals surface area (Å²) in [6.45, 7) is 5.64. The number of carbonyl (C=O) groups is 2. The summed E-state index contributed by atoms with van der Waals surface area (Å²) < 4.78 is 5.54. The second-order valence-corrected chi connectivity index (χ2v) is 6.40. The Morgan fingerprint density at radius 3 is 2.56 bits per heavy atom. The van der Waals surface area contributed by atoms with Crippen LogP contribution in [-0.2, 0) is 9.53 Å². The highest BCUT2D eigenvalue weighted by Gasteiger charge is 2.26. The van der Waals surface area contributed by atoms with Crippen molar-refractivity contribution in [1.29, 1.82) is 0 Å². The molecule has 4 nitrogen and oxygen atoms in total. The van der Waals surface area contributed by atoms with Crippen LogP contribution in [0, 0.1) is 0 Å². The highest BCUT2D eigenvalue weighted by atomic mass is 79.9. The van der Waals surface area contributed by atoms with Gasteiger partial charge in [0, 0.05) is 12.5 Å². The van der Waals surface area contributed by atoms with Gasteiger partial charge in [0.2, 0.25) is 5.91 Å². The number of halogens is 1. The number of thiophene rings is 1. The maximum atomic E-state index is 12.0. The van der Waals surface area contributed by atoms with Gasteiger partial charge in [0.25, 0.3) is 0 Å². The Bertz CT molecular complexity index is 456. The highest BCUT2D eigenvalue weighted by molar-refractivity contribution is 9.11. The van der Waals surface area contributed by atoms with Crippen LogP contribution in [0.5, 0.6) is 0 Å². The fraction of sp³-hybridized carbons (Fsp3) is 0.500. The van der Waals surface area contributed by atoms with E-state index in [1.165, 1.54) is 18.4 Å². The van der Waals surface area contributed by atoms with Crippen LogP contribution < -0.4 is 4.90 Å². The number of hydrogen-bond donors (Lipinski definition) is 0. The largest absolute Gasteiger partial charge is 0.465 e. The van der Waals surface area contributed by atoms with Gasteiger partial charge in [-0.25, -0.2) is 4.79 Å². The van der Waals surface area contributed by atoms with E-state index in [9.17, 15) is 9.59 Å². The number of nitrogens with zero attached hydrogens (tertiary/aromatic N) is 1. The minimum absolute atomic E-state index is 0.0117. The zero-order valence-electron chi connectivity index (χ0n) is 10.8. The Balaban J connectivity index is 3.28. The van der Waals surface area contributed by atoms with Crippen LogP contribution in [0.1, 0.15) is 36.9 Å². The van der Waals surface area contributed by atoms with E-state index in [1.54, 1.807) is 17.9 Å². The Morgan fingerprint density at radius 2 is 2.11 bits per heavy atom. The van der Waals surface area contributed by atoms with E-state index in [0.717, 1.165) is 3.79 Å². The fourth-order valence-electron chi connectivity index (χ4n) is 1.64. The molecule has 0 N–H and O–H groups in total. The fourth-order valence-corrected chi connectivity index (χ4v) is 3.14. The average Bonchev–Trinajstić information content (AvgIpc) is 2.69. The van der Waals surface area contributed by atoms with E-state index in [0.29, 0.717) is 17.0 Å². The molecule has 0 bridgehead atoms. The maximum absolute atomic E-state index is 12.0. The molecule has 100 valence electrons. The lowest BCUT2D eigenvalue weighted by molar-refractivity contribution is -0.118. The molecule has 0 aliphatic carbocycles. The number of methoxy groups -OCH3 is 1. The Hall–Kier alpha value is -0.880. The number of anilines is 1. The first-order chi connectivity index (χ1) is 8.42. The summed E-state index contributed by atoms with van der Waals surface area (Å²) in [6.07, 6.45) is 0.395. The summed E-state index contributed by atoms with van der Waals surface area (Å²) in [5, 5.41) is 0. The second kappa shape index (κ2) is 6.33. The molecule has 0 saturated carbocycles. The van der Waals surface area contributed by atoms with Crippen LogP contribution in [-0.4, -0.2) is 25.0 Å². The molecule has 0 fully saturated rings. The molecule has 1 amide bonds. The summed E-state index contributed by atoms with van der Waals surface area (Å²) in [5.41, 5.74) is 0.612. The molecule has 0 saturated heterocycles. The molecule has 0 unspecified atom stereocenters. The van der Waals surface area contributed by atoms with Crippen molar-refractivity contribution in [3.05, 3.63) is 14.7 Å². The third-order valence-corrected chi connectivity index (χ3v) is 4.01. The van der Waals surface area contributed by atoms with E-state index < -0.39 is 5.97 Å². The summed E-state index contributed by atoms with van der Waals surface area (Å²) in [5.74, 6) is -0.435. The van der Waals surface area contributed by atoms with Gasteiger partial charge in [-0.05, 0) is 35.8 Å². The molecule has 0 aliphatic heterocycles. The molecule has 0 spiro atoms. The predicted molar refractivity (Wildman–Crippen MR) is 76.3 cm³/mol. The first kappa shape index (κ1) is 15.2. The number of carbonyl (C=O) groups excluding carboxylic acids is 2. The summed E-state index contributed by atoms with van der Waals surface area (Å²) in [7, 11) is 1.33. The molecule has 6 heteroatoms. The third-order valence-electron chi connectivity index (χ3n) is 2.40. The van der Waals surface area contributed by atoms with Crippen molar-refractivity contribution in [3.8, 4) is 0 Å². The van der Waals surface area contributed by atoms with Crippen molar-refractivity contribution < 1.29 is 14.3 Å². The quantitative estimate of drug-likeness (QED) is 0.793. The number of esters is 1. The van der Waals surface area contributed by atoms with Crippen molar-refractivity contribution in [1.82, 2.24) is 0 Å². The van der Waals surface area contributed by atoms with Crippen LogP contribution >= 0.6 is 27.3 Å². The van der Waals surface area contributed by atoms with Gasteiger partial charge in [0.05, 0.1) is 16.6 Å². The lowest BCUT2D eigenvalue weighted by atomic mass is 10.2. The minimum atomic E-state index is -0.421. The summed E-state index contributed by atoms with van der Waals surface area (Å²) in [4.78, 5) is 25.8. The number of amides is 1. The zero-order chi connectivity index (χ0) is 13.9. The Kier molecular flexibility index (Phi) is 5.34. The van der Waals surface area contributed by atoms with Crippen molar-refractivity contribution in [2.75, 3.05) is 12.0 Å². The Morgan fingerprint density at radius 1 is 1.50 bits per heavy atom. The van der Waals surface area contributed by atoms with E-state index in [1.807, 2.05) is 13.8 Å². The predicted octanol–water partition coefficient (Wildman–Crippen LogP) is 3.45. The van der Waals surface area contributed by atoms with Crippen LogP contribution in [0.3, 0.4) is 0 Å². The molecule has 1 aromatic heterocycles. The van der Waals surface area contributed by atoms with Gasteiger partial charge in [0.1, 0.15) is 4.88 Å². The van der Waals surface area contributed by atoms with Gasteiger partial charge in [0.15, 0.2) is 0 Å². The topological polar surface area (TPSA) is 46.6 Å². The van der Waals surface area contributed by atoms with Crippen LogP contribution in [0.2, 0.25) is 0 Å². The summed E-state index contributed by atoms with van der Waals surface area (Å²) >= 11 is 4.61. The lowest BCUT2D eigenvalue weighted by Crippen LogP contribution is -2.37. The van der Waals surface area contributed by atoms with Crippen LogP contribution in [0.4, 0.5) is 5.69 Å². The molecule has 0 atom stereocenters. The average molecular weight is 334 g/mol. The standard InChI is InChI=1S/C12H16BrNO3S/c1-5-10(15)14(7(2)3)8-6-9(13)18-11(8)12(16)17-4/h6-7H,5H2,1-4H3. The lowest BCUT2D eigenvalue weighted by Gasteiger charge is -2.26. The molecule has 0 aliphatic rings. The monoisotopic (exact) mass is 333 g/mol. The Labute approximate surface area is 119 Å². The van der Waals surface area contributed by atoms with Crippen LogP contribution in [0.15, 0.2) is 9.85 Å².